The minimum atomic E-state index is 0.439. The van der Waals surface area contributed by atoms with E-state index in [1.165, 1.54) is 109 Å². The zero-order valence-electron chi connectivity index (χ0n) is 30.9. The highest BCUT2D eigenvalue weighted by Crippen LogP contribution is 2.43. The molecule has 1 aliphatic carbocycles. The van der Waals surface area contributed by atoms with Gasteiger partial charge in [-0.15, -0.1) is 0 Å². The minimum absolute atomic E-state index is 0.439. The van der Waals surface area contributed by atoms with E-state index in [0.717, 1.165) is 11.3 Å². The summed E-state index contributed by atoms with van der Waals surface area (Å²) in [6.45, 7) is 0. The number of hydrogen-bond donors (Lipinski definition) is 0. The Morgan fingerprint density at radius 1 is 0.382 bits per heavy atom. The second kappa shape index (κ2) is 14.4. The molecule has 0 atom stereocenters. The van der Waals surface area contributed by atoms with Gasteiger partial charge < -0.3 is 4.57 Å². The van der Waals surface area contributed by atoms with Crippen molar-refractivity contribution in [2.24, 2.45) is 0 Å². The lowest BCUT2D eigenvalue weighted by molar-refractivity contribution is 0.362. The maximum Gasteiger partial charge on any atom is 0.141 e. The molecule has 1 aliphatic rings. The highest BCUT2D eigenvalue weighted by atomic mass is 15.1. The van der Waals surface area contributed by atoms with Crippen molar-refractivity contribution in [3.63, 3.8) is 0 Å². The fraction of sp³-hybridized carbons (Fsp3) is 0.113. The molecule has 0 spiro atoms. The molecule has 2 heteroatoms. The van der Waals surface area contributed by atoms with E-state index >= 15 is 0 Å². The van der Waals surface area contributed by atoms with E-state index in [1.807, 2.05) is 0 Å². The quantitative estimate of drug-likeness (QED) is 0.119. The molecule has 0 amide bonds. The fourth-order valence-corrected chi connectivity index (χ4v) is 8.99. The Bertz CT molecular complexity index is 2750. The van der Waals surface area contributed by atoms with Gasteiger partial charge in [0, 0.05) is 22.4 Å². The molecule has 1 heterocycles. The summed E-state index contributed by atoms with van der Waals surface area (Å²) in [5, 5.41) is 5.10. The van der Waals surface area contributed by atoms with Crippen LogP contribution in [0.4, 0.5) is 0 Å². The standard InChI is InChI=1S/C53H42N2/c1-5-17-39(18-6-1)49(40-19-7-2-8-20-40)50(41-21-9-3-10-22-41)42-33-29-37(30-34-42)38-31-35-43(36-32-38)53-54-51-47-27-15-13-25-45(47)46-26-14-16-28-48(46)52(51)55(53)44-23-11-4-12-24-44/h1-3,5-10,13-22,25-36,44H,4,11-12,23-24H2. The number of fused-ring (bicyclic) bond motifs is 6. The van der Waals surface area contributed by atoms with Crippen molar-refractivity contribution in [2.75, 3.05) is 0 Å². The summed E-state index contributed by atoms with van der Waals surface area (Å²) in [6, 6.07) is 68.7. The average Bonchev–Trinajstić information content (AvgIpc) is 3.68. The number of aromatic nitrogens is 2. The molecule has 55 heavy (non-hydrogen) atoms. The van der Waals surface area contributed by atoms with Gasteiger partial charge in [-0.1, -0.05) is 207 Å². The van der Waals surface area contributed by atoms with E-state index in [4.69, 9.17) is 4.98 Å². The van der Waals surface area contributed by atoms with Crippen LogP contribution in [0, 0.1) is 0 Å². The third kappa shape index (κ3) is 6.05. The molecule has 0 bridgehead atoms. The van der Waals surface area contributed by atoms with Crippen LogP contribution in [0.5, 0.6) is 0 Å². The molecule has 264 valence electrons. The first-order chi connectivity index (χ1) is 27.3. The second-order valence-corrected chi connectivity index (χ2v) is 14.9. The third-order valence-corrected chi connectivity index (χ3v) is 11.6. The number of imidazole rings is 1. The molecule has 1 aromatic heterocycles. The number of benzene rings is 8. The number of nitrogens with zero attached hydrogens (tertiary/aromatic N) is 2. The second-order valence-electron chi connectivity index (χ2n) is 14.9. The maximum absolute atomic E-state index is 5.52. The number of hydrogen-bond acceptors (Lipinski definition) is 1. The molecule has 2 nitrogen and oxygen atoms in total. The van der Waals surface area contributed by atoms with Gasteiger partial charge in [0.15, 0.2) is 0 Å². The Morgan fingerprint density at radius 3 is 1.31 bits per heavy atom. The highest BCUT2D eigenvalue weighted by molar-refractivity contribution is 6.24. The van der Waals surface area contributed by atoms with Gasteiger partial charge >= 0.3 is 0 Å². The van der Waals surface area contributed by atoms with Gasteiger partial charge in [0.05, 0.1) is 11.0 Å². The molecule has 9 aromatic rings. The lowest BCUT2D eigenvalue weighted by Gasteiger charge is -2.26. The monoisotopic (exact) mass is 706 g/mol. The predicted octanol–water partition coefficient (Wildman–Crippen LogP) is 14.2. The summed E-state index contributed by atoms with van der Waals surface area (Å²) in [4.78, 5) is 5.52. The van der Waals surface area contributed by atoms with Gasteiger partial charge in [-0.05, 0) is 68.1 Å². The van der Waals surface area contributed by atoms with Crippen LogP contribution in [-0.2, 0) is 0 Å². The Morgan fingerprint density at radius 2 is 0.782 bits per heavy atom. The first-order valence-electron chi connectivity index (χ1n) is 19.7. The van der Waals surface area contributed by atoms with Crippen LogP contribution in [0.15, 0.2) is 188 Å². The van der Waals surface area contributed by atoms with E-state index < -0.39 is 0 Å². The summed E-state index contributed by atoms with van der Waals surface area (Å²) in [5.41, 5.74) is 13.2. The molecule has 0 N–H and O–H groups in total. The summed E-state index contributed by atoms with van der Waals surface area (Å²) < 4.78 is 2.61. The topological polar surface area (TPSA) is 17.8 Å². The van der Waals surface area contributed by atoms with E-state index in [0.29, 0.717) is 6.04 Å². The van der Waals surface area contributed by atoms with Gasteiger partial charge in [0.1, 0.15) is 5.82 Å². The van der Waals surface area contributed by atoms with Crippen molar-refractivity contribution in [2.45, 2.75) is 38.1 Å². The molecule has 8 aromatic carbocycles. The zero-order chi connectivity index (χ0) is 36.6. The van der Waals surface area contributed by atoms with Gasteiger partial charge in [-0.2, -0.15) is 0 Å². The van der Waals surface area contributed by atoms with Crippen LogP contribution < -0.4 is 0 Å². The van der Waals surface area contributed by atoms with Crippen molar-refractivity contribution in [3.05, 3.63) is 210 Å². The minimum Gasteiger partial charge on any atom is -0.320 e. The smallest absolute Gasteiger partial charge is 0.141 e. The van der Waals surface area contributed by atoms with E-state index in [2.05, 4.69) is 193 Å². The Kier molecular flexibility index (Phi) is 8.65. The fourth-order valence-electron chi connectivity index (χ4n) is 8.99. The van der Waals surface area contributed by atoms with E-state index in [1.54, 1.807) is 0 Å². The van der Waals surface area contributed by atoms with Crippen LogP contribution in [0.25, 0.3) is 66.2 Å². The lowest BCUT2D eigenvalue weighted by atomic mass is 9.85. The molecule has 0 unspecified atom stereocenters. The molecular formula is C53H42N2. The van der Waals surface area contributed by atoms with Crippen LogP contribution in [0.2, 0.25) is 0 Å². The maximum atomic E-state index is 5.52. The molecule has 0 radical (unpaired) electrons. The largest absolute Gasteiger partial charge is 0.320 e. The Balaban J connectivity index is 1.08. The molecule has 1 fully saturated rings. The predicted molar refractivity (Wildman–Crippen MR) is 232 cm³/mol. The van der Waals surface area contributed by atoms with Crippen molar-refractivity contribution in [1.29, 1.82) is 0 Å². The Labute approximate surface area is 323 Å². The molecule has 1 saturated carbocycles. The lowest BCUT2D eigenvalue weighted by Crippen LogP contribution is -2.14. The third-order valence-electron chi connectivity index (χ3n) is 11.6. The molecule has 0 aliphatic heterocycles. The van der Waals surface area contributed by atoms with Crippen LogP contribution >= 0.6 is 0 Å². The summed E-state index contributed by atoms with van der Waals surface area (Å²) in [7, 11) is 0. The van der Waals surface area contributed by atoms with Crippen molar-refractivity contribution in [3.8, 4) is 22.5 Å². The van der Waals surface area contributed by atoms with Gasteiger partial charge in [0.2, 0.25) is 0 Å². The SMILES string of the molecule is c1ccc(C(=C(c2ccccc2)c2ccc(-c3ccc(-c4nc5c6ccccc6c6ccccc6c5n4C4CCCCC4)cc3)cc2)c2ccccc2)cc1. The summed E-state index contributed by atoms with van der Waals surface area (Å²) in [6.07, 6.45) is 6.24. The normalized spacial score (nSPS) is 13.4. The first kappa shape index (κ1) is 33.1. The van der Waals surface area contributed by atoms with Crippen molar-refractivity contribution >= 4 is 43.7 Å². The zero-order valence-corrected chi connectivity index (χ0v) is 30.9. The van der Waals surface area contributed by atoms with Crippen molar-refractivity contribution < 1.29 is 0 Å². The average molecular weight is 707 g/mol. The first-order valence-corrected chi connectivity index (χ1v) is 19.7. The summed E-state index contributed by atoms with van der Waals surface area (Å²) >= 11 is 0. The van der Waals surface area contributed by atoms with E-state index in [-0.39, 0.29) is 0 Å². The van der Waals surface area contributed by atoms with Gasteiger partial charge in [-0.3, -0.25) is 0 Å². The van der Waals surface area contributed by atoms with Crippen LogP contribution in [0.3, 0.4) is 0 Å². The van der Waals surface area contributed by atoms with Crippen molar-refractivity contribution in [1.82, 2.24) is 9.55 Å². The molecule has 0 saturated heterocycles. The Hall–Kier alpha value is -6.51. The molecular weight excluding hydrogens is 665 g/mol. The highest BCUT2D eigenvalue weighted by Gasteiger charge is 2.25. The molecule has 10 rings (SSSR count). The van der Waals surface area contributed by atoms with Gasteiger partial charge in [0.25, 0.3) is 0 Å². The van der Waals surface area contributed by atoms with Crippen LogP contribution in [0.1, 0.15) is 60.4 Å². The summed E-state index contributed by atoms with van der Waals surface area (Å²) in [5.74, 6) is 1.08. The number of rotatable bonds is 7. The van der Waals surface area contributed by atoms with E-state index in [9.17, 15) is 0 Å². The van der Waals surface area contributed by atoms with Gasteiger partial charge in [-0.25, -0.2) is 4.98 Å². The van der Waals surface area contributed by atoms with Crippen LogP contribution in [-0.4, -0.2) is 9.55 Å².